The van der Waals surface area contributed by atoms with Crippen molar-refractivity contribution in [3.8, 4) is 0 Å². The molecule has 4 nitrogen and oxygen atoms in total. The minimum Gasteiger partial charge on any atom is -0.339 e. The zero-order chi connectivity index (χ0) is 13.7. The van der Waals surface area contributed by atoms with Crippen LogP contribution in [0.2, 0.25) is 0 Å². The van der Waals surface area contributed by atoms with E-state index in [9.17, 15) is 4.79 Å². The molecule has 4 heteroatoms. The van der Waals surface area contributed by atoms with Crippen LogP contribution in [0, 0.1) is 5.92 Å². The highest BCUT2D eigenvalue weighted by atomic mass is 16.2. The van der Waals surface area contributed by atoms with Crippen molar-refractivity contribution in [3.63, 3.8) is 0 Å². The van der Waals surface area contributed by atoms with Crippen LogP contribution in [0.4, 0.5) is 5.69 Å². The van der Waals surface area contributed by atoms with Crippen LogP contribution in [0.25, 0.3) is 0 Å². The molecule has 0 bridgehead atoms. The van der Waals surface area contributed by atoms with Crippen molar-refractivity contribution in [2.75, 3.05) is 12.5 Å². The fraction of sp³-hybridized carbons (Fsp3) is 0.500. The predicted molar refractivity (Wildman–Crippen MR) is 75.3 cm³/mol. The van der Waals surface area contributed by atoms with E-state index >= 15 is 0 Å². The fourth-order valence-corrected chi connectivity index (χ4v) is 1.95. The summed E-state index contributed by atoms with van der Waals surface area (Å²) in [4.78, 5) is 14.0. The molecule has 1 aromatic carbocycles. The molecule has 100 valence electrons. The number of carbonyl (C=O) groups excluding carboxylic acids is 1. The van der Waals surface area contributed by atoms with E-state index in [4.69, 9.17) is 5.84 Å². The number of benzene rings is 1. The zero-order valence-corrected chi connectivity index (χ0v) is 11.6. The highest BCUT2D eigenvalue weighted by Gasteiger charge is 2.18. The third kappa shape index (κ3) is 3.74. The maximum atomic E-state index is 12.2. The molecule has 1 unspecified atom stereocenters. The first-order valence-corrected chi connectivity index (χ1v) is 6.29. The molecule has 0 heterocycles. The van der Waals surface area contributed by atoms with Gasteiger partial charge in [0.25, 0.3) is 5.91 Å². The summed E-state index contributed by atoms with van der Waals surface area (Å²) in [6.45, 7) is 6.40. The molecule has 0 aromatic heterocycles. The van der Waals surface area contributed by atoms with Crippen LogP contribution in [0.1, 0.15) is 37.6 Å². The highest BCUT2D eigenvalue weighted by Crippen LogP contribution is 2.14. The fourth-order valence-electron chi connectivity index (χ4n) is 1.95. The van der Waals surface area contributed by atoms with Crippen molar-refractivity contribution in [3.05, 3.63) is 29.8 Å². The Hall–Kier alpha value is -1.55. The normalized spacial score (nSPS) is 12.3. The topological polar surface area (TPSA) is 58.4 Å². The second-order valence-corrected chi connectivity index (χ2v) is 5.12. The Kier molecular flexibility index (Phi) is 5.16. The molecule has 1 aromatic rings. The quantitative estimate of drug-likeness (QED) is 0.622. The Morgan fingerprint density at radius 3 is 2.28 bits per heavy atom. The summed E-state index contributed by atoms with van der Waals surface area (Å²) in [7, 11) is 1.85. The molecule has 0 aliphatic carbocycles. The van der Waals surface area contributed by atoms with E-state index in [1.54, 1.807) is 29.2 Å². The van der Waals surface area contributed by atoms with Gasteiger partial charge in [-0.3, -0.25) is 10.6 Å². The first-order valence-electron chi connectivity index (χ1n) is 6.29. The standard InChI is InChI=1S/C14H23N3O/c1-10(2)9-11(3)17(4)14(18)12-5-7-13(16-15)8-6-12/h5-8,10-11,16H,9,15H2,1-4H3. The summed E-state index contributed by atoms with van der Waals surface area (Å²) in [6, 6.07) is 7.42. The number of hydrogen-bond acceptors (Lipinski definition) is 3. The summed E-state index contributed by atoms with van der Waals surface area (Å²) in [6.07, 6.45) is 1.00. The first-order chi connectivity index (χ1) is 8.45. The molecular weight excluding hydrogens is 226 g/mol. The molecule has 0 saturated heterocycles. The molecule has 0 fully saturated rings. The lowest BCUT2D eigenvalue weighted by Gasteiger charge is -2.26. The molecule has 0 aliphatic rings. The lowest BCUT2D eigenvalue weighted by atomic mass is 10.0. The Balaban J connectivity index is 2.73. The van der Waals surface area contributed by atoms with Crippen LogP contribution >= 0.6 is 0 Å². The third-order valence-electron chi connectivity index (χ3n) is 3.09. The molecule has 1 rings (SSSR count). The number of hydrogen-bond donors (Lipinski definition) is 2. The largest absolute Gasteiger partial charge is 0.339 e. The van der Waals surface area contributed by atoms with Gasteiger partial charge in [0.2, 0.25) is 0 Å². The summed E-state index contributed by atoms with van der Waals surface area (Å²) >= 11 is 0. The van der Waals surface area contributed by atoms with Gasteiger partial charge >= 0.3 is 0 Å². The molecular formula is C14H23N3O. The third-order valence-corrected chi connectivity index (χ3v) is 3.09. The van der Waals surface area contributed by atoms with Gasteiger partial charge in [0, 0.05) is 24.3 Å². The van der Waals surface area contributed by atoms with E-state index in [0.29, 0.717) is 11.5 Å². The summed E-state index contributed by atoms with van der Waals surface area (Å²) < 4.78 is 0. The van der Waals surface area contributed by atoms with Gasteiger partial charge in [-0.15, -0.1) is 0 Å². The van der Waals surface area contributed by atoms with Crippen molar-refractivity contribution in [1.82, 2.24) is 4.90 Å². The average Bonchev–Trinajstić information content (AvgIpc) is 2.36. The average molecular weight is 249 g/mol. The number of amides is 1. The van der Waals surface area contributed by atoms with Crippen molar-refractivity contribution in [1.29, 1.82) is 0 Å². The van der Waals surface area contributed by atoms with Crippen LogP contribution in [-0.2, 0) is 0 Å². The van der Waals surface area contributed by atoms with Gasteiger partial charge in [-0.1, -0.05) is 13.8 Å². The number of nitrogens with two attached hydrogens (primary N) is 1. The number of rotatable bonds is 5. The van der Waals surface area contributed by atoms with Crippen molar-refractivity contribution < 1.29 is 4.79 Å². The van der Waals surface area contributed by atoms with Crippen LogP contribution in [0.15, 0.2) is 24.3 Å². The number of nitrogen functional groups attached to an aromatic ring is 1. The van der Waals surface area contributed by atoms with Gasteiger partial charge in [0.1, 0.15) is 0 Å². The van der Waals surface area contributed by atoms with Gasteiger partial charge < -0.3 is 10.3 Å². The summed E-state index contributed by atoms with van der Waals surface area (Å²) in [5.74, 6) is 5.92. The van der Waals surface area contributed by atoms with E-state index in [1.165, 1.54) is 0 Å². The molecule has 0 spiro atoms. The molecule has 3 N–H and O–H groups in total. The second kappa shape index (κ2) is 6.40. The molecule has 0 saturated carbocycles. The van der Waals surface area contributed by atoms with Gasteiger partial charge in [0.05, 0.1) is 0 Å². The van der Waals surface area contributed by atoms with Crippen LogP contribution in [0.3, 0.4) is 0 Å². The number of nitrogens with one attached hydrogen (secondary N) is 1. The van der Waals surface area contributed by atoms with Gasteiger partial charge in [-0.25, -0.2) is 0 Å². The van der Waals surface area contributed by atoms with E-state index in [-0.39, 0.29) is 11.9 Å². The summed E-state index contributed by atoms with van der Waals surface area (Å²) in [5.41, 5.74) is 4.03. The molecule has 18 heavy (non-hydrogen) atoms. The van der Waals surface area contributed by atoms with Gasteiger partial charge in [0.15, 0.2) is 0 Å². The minimum atomic E-state index is 0.0479. The molecule has 0 aliphatic heterocycles. The first kappa shape index (κ1) is 14.5. The Morgan fingerprint density at radius 2 is 1.83 bits per heavy atom. The SMILES string of the molecule is CC(C)CC(C)N(C)C(=O)c1ccc(NN)cc1. The van der Waals surface area contributed by atoms with Gasteiger partial charge in [-0.05, 0) is 43.5 Å². The van der Waals surface area contributed by atoms with E-state index in [0.717, 1.165) is 12.1 Å². The van der Waals surface area contributed by atoms with E-state index in [2.05, 4.69) is 26.2 Å². The number of nitrogens with zero attached hydrogens (tertiary/aromatic N) is 1. The lowest BCUT2D eigenvalue weighted by molar-refractivity contribution is 0.0728. The smallest absolute Gasteiger partial charge is 0.253 e. The Bertz CT molecular complexity index is 387. The minimum absolute atomic E-state index is 0.0479. The maximum Gasteiger partial charge on any atom is 0.253 e. The number of hydrazine groups is 1. The van der Waals surface area contributed by atoms with Crippen molar-refractivity contribution in [2.24, 2.45) is 11.8 Å². The van der Waals surface area contributed by atoms with Crippen LogP contribution < -0.4 is 11.3 Å². The monoisotopic (exact) mass is 249 g/mol. The van der Waals surface area contributed by atoms with Crippen LogP contribution in [-0.4, -0.2) is 23.9 Å². The Labute approximate surface area is 109 Å². The van der Waals surface area contributed by atoms with E-state index in [1.807, 2.05) is 7.05 Å². The van der Waals surface area contributed by atoms with Crippen LogP contribution in [0.5, 0.6) is 0 Å². The number of anilines is 1. The van der Waals surface area contributed by atoms with Gasteiger partial charge in [-0.2, -0.15) is 0 Å². The molecule has 0 radical (unpaired) electrons. The second-order valence-electron chi connectivity index (χ2n) is 5.12. The van der Waals surface area contributed by atoms with Crippen molar-refractivity contribution >= 4 is 11.6 Å². The molecule has 1 atom stereocenters. The zero-order valence-electron chi connectivity index (χ0n) is 11.6. The number of carbonyl (C=O) groups is 1. The van der Waals surface area contributed by atoms with Crippen molar-refractivity contribution in [2.45, 2.75) is 33.2 Å². The predicted octanol–water partition coefficient (Wildman–Crippen LogP) is 2.48. The maximum absolute atomic E-state index is 12.2. The van der Waals surface area contributed by atoms with E-state index < -0.39 is 0 Å². The molecule has 1 amide bonds. The Morgan fingerprint density at radius 1 is 1.28 bits per heavy atom. The summed E-state index contributed by atoms with van der Waals surface area (Å²) in [5, 5.41) is 0. The lowest BCUT2D eigenvalue weighted by Crippen LogP contribution is -2.35. The highest BCUT2D eigenvalue weighted by molar-refractivity contribution is 5.94.